The van der Waals surface area contributed by atoms with Crippen molar-refractivity contribution in [1.82, 2.24) is 8.96 Å². The van der Waals surface area contributed by atoms with Gasteiger partial charge in [-0.05, 0) is 48.0 Å². The molecule has 150 valence electrons. The lowest BCUT2D eigenvalue weighted by molar-refractivity contribution is 0.555. The third kappa shape index (κ3) is 2.98. The van der Waals surface area contributed by atoms with Gasteiger partial charge in [0, 0.05) is 17.1 Å². The second kappa shape index (κ2) is 6.97. The van der Waals surface area contributed by atoms with Crippen molar-refractivity contribution in [3.63, 3.8) is 0 Å². The Hall–Kier alpha value is -3.16. The van der Waals surface area contributed by atoms with Gasteiger partial charge in [0.2, 0.25) is 5.89 Å². The Kier molecular flexibility index (Phi) is 4.38. The van der Waals surface area contributed by atoms with E-state index >= 15 is 0 Å². The molecule has 0 fully saturated rings. The summed E-state index contributed by atoms with van der Waals surface area (Å²) in [7, 11) is -3.91. The molecule has 0 aliphatic carbocycles. The number of alkyl halides is 1. The summed E-state index contributed by atoms with van der Waals surface area (Å²) >= 11 is 5.80. The summed E-state index contributed by atoms with van der Waals surface area (Å²) in [5, 5.41) is 0.608. The fourth-order valence-corrected chi connectivity index (χ4v) is 5.00. The fraction of sp³-hybridized carbons (Fsp3) is 0.0455. The minimum Gasteiger partial charge on any atom is -0.439 e. The van der Waals surface area contributed by atoms with Crippen molar-refractivity contribution in [2.24, 2.45) is 0 Å². The molecule has 5 aromatic rings. The predicted octanol–water partition coefficient (Wildman–Crippen LogP) is 5.56. The Bertz CT molecular complexity index is 1510. The number of hydrogen-bond acceptors (Lipinski definition) is 4. The summed E-state index contributed by atoms with van der Waals surface area (Å²) in [6.07, 6.45) is 1.51. The first-order chi connectivity index (χ1) is 14.5. The Morgan fingerprint density at radius 1 is 1.03 bits per heavy atom. The van der Waals surface area contributed by atoms with Gasteiger partial charge < -0.3 is 4.42 Å². The quantitative estimate of drug-likeness (QED) is 0.343. The minimum atomic E-state index is -3.91. The maximum absolute atomic E-state index is 14.0. The van der Waals surface area contributed by atoms with Gasteiger partial charge in [0.1, 0.15) is 11.3 Å². The van der Waals surface area contributed by atoms with E-state index in [0.29, 0.717) is 27.9 Å². The number of fused-ring (bicyclic) bond motifs is 2. The summed E-state index contributed by atoms with van der Waals surface area (Å²) < 4.78 is 47.2. The van der Waals surface area contributed by atoms with Crippen LogP contribution in [0.3, 0.4) is 0 Å². The molecule has 5 rings (SSSR count). The zero-order valence-electron chi connectivity index (χ0n) is 15.4. The standard InChI is InChI=1S/C22H14ClFN2O3S/c23-12-22-25-19-10-14(6-9-21(19)29-22)18-13-26(20-11-15(24)7-8-17(18)20)30(27,28)16-4-2-1-3-5-16/h1-11,13H,12H2. The first-order valence-electron chi connectivity index (χ1n) is 9.04. The topological polar surface area (TPSA) is 65.1 Å². The molecular weight excluding hydrogens is 427 g/mol. The van der Waals surface area contributed by atoms with Gasteiger partial charge in [-0.2, -0.15) is 0 Å². The number of halogens is 2. The van der Waals surface area contributed by atoms with E-state index in [9.17, 15) is 12.8 Å². The molecule has 5 nitrogen and oxygen atoms in total. The van der Waals surface area contributed by atoms with Crippen LogP contribution in [0.4, 0.5) is 4.39 Å². The van der Waals surface area contributed by atoms with E-state index in [0.717, 1.165) is 9.54 Å². The van der Waals surface area contributed by atoms with Gasteiger partial charge in [0.15, 0.2) is 5.58 Å². The van der Waals surface area contributed by atoms with Gasteiger partial charge in [0.25, 0.3) is 10.0 Å². The van der Waals surface area contributed by atoms with Crippen molar-refractivity contribution in [2.45, 2.75) is 10.8 Å². The summed E-state index contributed by atoms with van der Waals surface area (Å²) in [5.41, 5.74) is 2.83. The highest BCUT2D eigenvalue weighted by atomic mass is 35.5. The third-order valence-corrected chi connectivity index (χ3v) is 6.81. The SMILES string of the molecule is O=S(=O)(c1ccccc1)n1cc(-c2ccc3oc(CCl)nc3c2)c2ccc(F)cc21. The molecule has 3 aromatic carbocycles. The van der Waals surface area contributed by atoms with Crippen LogP contribution in [0.15, 0.2) is 82.2 Å². The highest BCUT2D eigenvalue weighted by Crippen LogP contribution is 2.35. The number of nitrogens with zero attached hydrogens (tertiary/aromatic N) is 2. The van der Waals surface area contributed by atoms with Crippen molar-refractivity contribution >= 4 is 43.6 Å². The van der Waals surface area contributed by atoms with Crippen LogP contribution in [-0.4, -0.2) is 17.4 Å². The van der Waals surface area contributed by atoms with Crippen LogP contribution in [0.5, 0.6) is 0 Å². The number of oxazole rings is 1. The van der Waals surface area contributed by atoms with Crippen molar-refractivity contribution in [3.05, 3.63) is 84.6 Å². The van der Waals surface area contributed by atoms with Crippen LogP contribution in [0, 0.1) is 5.82 Å². The first-order valence-corrected chi connectivity index (χ1v) is 11.0. The van der Waals surface area contributed by atoms with Gasteiger partial charge in [-0.25, -0.2) is 21.8 Å². The molecule has 0 N–H and O–H groups in total. The van der Waals surface area contributed by atoms with E-state index in [-0.39, 0.29) is 16.3 Å². The Morgan fingerprint density at radius 3 is 2.60 bits per heavy atom. The molecular formula is C22H14ClFN2O3S. The lowest BCUT2D eigenvalue weighted by atomic mass is 10.0. The monoisotopic (exact) mass is 440 g/mol. The van der Waals surface area contributed by atoms with Gasteiger partial charge in [0.05, 0.1) is 16.3 Å². The van der Waals surface area contributed by atoms with Gasteiger partial charge in [-0.1, -0.05) is 24.3 Å². The maximum atomic E-state index is 14.0. The zero-order chi connectivity index (χ0) is 20.9. The van der Waals surface area contributed by atoms with Crippen LogP contribution >= 0.6 is 11.6 Å². The number of hydrogen-bond donors (Lipinski definition) is 0. The van der Waals surface area contributed by atoms with Crippen molar-refractivity contribution in [1.29, 1.82) is 0 Å². The molecule has 30 heavy (non-hydrogen) atoms. The number of aromatic nitrogens is 2. The molecule has 0 aliphatic heterocycles. The Morgan fingerprint density at radius 2 is 1.83 bits per heavy atom. The number of benzene rings is 3. The minimum absolute atomic E-state index is 0.122. The summed E-state index contributed by atoms with van der Waals surface area (Å²) in [4.78, 5) is 4.45. The molecule has 0 spiro atoms. The average molecular weight is 441 g/mol. The molecule has 0 saturated carbocycles. The Balaban J connectivity index is 1.76. The summed E-state index contributed by atoms with van der Waals surface area (Å²) in [5.74, 6) is 0.0353. The van der Waals surface area contributed by atoms with Gasteiger partial charge in [-0.15, -0.1) is 11.6 Å². The van der Waals surface area contributed by atoms with Crippen LogP contribution in [0.2, 0.25) is 0 Å². The molecule has 0 unspecified atom stereocenters. The van der Waals surface area contributed by atoms with E-state index in [1.54, 1.807) is 36.4 Å². The zero-order valence-corrected chi connectivity index (χ0v) is 17.0. The molecule has 0 amide bonds. The smallest absolute Gasteiger partial charge is 0.268 e. The van der Waals surface area contributed by atoms with E-state index in [2.05, 4.69) is 4.98 Å². The molecule has 0 aliphatic rings. The molecule has 0 radical (unpaired) electrons. The van der Waals surface area contributed by atoms with E-state index in [4.69, 9.17) is 16.0 Å². The molecule has 0 saturated heterocycles. The highest BCUT2D eigenvalue weighted by Gasteiger charge is 2.22. The van der Waals surface area contributed by atoms with E-state index in [1.807, 2.05) is 6.07 Å². The van der Waals surface area contributed by atoms with Crippen LogP contribution in [-0.2, 0) is 15.9 Å². The third-order valence-electron chi connectivity index (χ3n) is 4.89. The lowest BCUT2D eigenvalue weighted by Crippen LogP contribution is -2.11. The largest absolute Gasteiger partial charge is 0.439 e. The van der Waals surface area contributed by atoms with Crippen LogP contribution in [0.25, 0.3) is 33.1 Å². The van der Waals surface area contributed by atoms with Gasteiger partial charge in [-0.3, -0.25) is 0 Å². The number of rotatable bonds is 4. The molecule has 8 heteroatoms. The van der Waals surface area contributed by atoms with E-state index < -0.39 is 15.8 Å². The predicted molar refractivity (Wildman–Crippen MR) is 113 cm³/mol. The second-order valence-electron chi connectivity index (χ2n) is 6.74. The molecule has 0 atom stereocenters. The normalized spacial score (nSPS) is 12.1. The fourth-order valence-electron chi connectivity index (χ4n) is 3.51. The first kappa shape index (κ1) is 18.8. The Labute approximate surface area is 176 Å². The summed E-state index contributed by atoms with van der Waals surface area (Å²) in [6, 6.07) is 17.5. The molecule has 2 heterocycles. The van der Waals surface area contributed by atoms with Crippen molar-refractivity contribution in [2.75, 3.05) is 0 Å². The van der Waals surface area contributed by atoms with Gasteiger partial charge >= 0.3 is 0 Å². The molecule has 2 aromatic heterocycles. The lowest BCUT2D eigenvalue weighted by Gasteiger charge is -2.07. The van der Waals surface area contributed by atoms with Crippen LogP contribution in [0.1, 0.15) is 5.89 Å². The second-order valence-corrected chi connectivity index (χ2v) is 8.82. The average Bonchev–Trinajstić information content (AvgIpc) is 3.35. The van der Waals surface area contributed by atoms with Crippen molar-refractivity contribution in [3.8, 4) is 11.1 Å². The molecule has 0 bridgehead atoms. The maximum Gasteiger partial charge on any atom is 0.268 e. The van der Waals surface area contributed by atoms with Crippen LogP contribution < -0.4 is 0 Å². The van der Waals surface area contributed by atoms with E-state index in [1.165, 1.54) is 30.5 Å². The summed E-state index contributed by atoms with van der Waals surface area (Å²) in [6.45, 7) is 0. The highest BCUT2D eigenvalue weighted by molar-refractivity contribution is 7.90. The van der Waals surface area contributed by atoms with Crippen molar-refractivity contribution < 1.29 is 17.2 Å².